The summed E-state index contributed by atoms with van der Waals surface area (Å²) in [5, 5.41) is 11.6. The Kier molecular flexibility index (Phi) is 3.31. The van der Waals surface area contributed by atoms with Gasteiger partial charge in [0.15, 0.2) is 5.82 Å². The van der Waals surface area contributed by atoms with Gasteiger partial charge in [0.2, 0.25) is 0 Å². The lowest BCUT2D eigenvalue weighted by Crippen LogP contribution is -2.02. The molecule has 1 heterocycles. The molecule has 0 bridgehead atoms. The van der Waals surface area contributed by atoms with Crippen molar-refractivity contribution >= 4 is 17.3 Å². The van der Waals surface area contributed by atoms with E-state index in [2.05, 4.69) is 15.5 Å². The number of benzene rings is 2. The molecule has 0 aliphatic rings. The third kappa shape index (κ3) is 2.45. The Balaban J connectivity index is 2.17. The fraction of sp³-hybridized carbons (Fsp3) is 0.0714. The Morgan fingerprint density at radius 2 is 2.00 bits per heavy atom. The van der Waals surface area contributed by atoms with Crippen molar-refractivity contribution in [3.63, 3.8) is 0 Å². The normalized spacial score (nSPS) is 10.8. The lowest BCUT2D eigenvalue weighted by molar-refractivity contribution is 0.625. The van der Waals surface area contributed by atoms with Gasteiger partial charge < -0.3 is 5.73 Å². The standard InChI is InChI=1S/C14H11ClFN5/c1-8-2-5-13(17)10(6-8)14-18-19-20-21(14)9-3-4-11(15)12(16)7-9/h2-7H,17H2,1H3. The van der Waals surface area contributed by atoms with Crippen LogP contribution in [0.1, 0.15) is 5.56 Å². The van der Waals surface area contributed by atoms with E-state index in [1.165, 1.54) is 16.8 Å². The Labute approximate surface area is 125 Å². The summed E-state index contributed by atoms with van der Waals surface area (Å²) in [7, 11) is 0. The summed E-state index contributed by atoms with van der Waals surface area (Å²) >= 11 is 5.69. The third-order valence-electron chi connectivity index (χ3n) is 3.07. The Bertz CT molecular complexity index is 815. The van der Waals surface area contributed by atoms with Crippen LogP contribution in [0.4, 0.5) is 10.1 Å². The van der Waals surface area contributed by atoms with Crippen LogP contribution in [0.3, 0.4) is 0 Å². The first kappa shape index (κ1) is 13.5. The van der Waals surface area contributed by atoms with E-state index in [9.17, 15) is 4.39 Å². The van der Waals surface area contributed by atoms with Gasteiger partial charge in [0, 0.05) is 17.3 Å². The van der Waals surface area contributed by atoms with Gasteiger partial charge in [-0.1, -0.05) is 23.2 Å². The molecule has 21 heavy (non-hydrogen) atoms. The summed E-state index contributed by atoms with van der Waals surface area (Å²) in [6, 6.07) is 9.92. The molecule has 0 aliphatic carbocycles. The molecule has 106 valence electrons. The molecule has 0 aliphatic heterocycles. The van der Waals surface area contributed by atoms with E-state index in [1.807, 2.05) is 19.1 Å². The van der Waals surface area contributed by atoms with Crippen molar-refractivity contribution in [1.82, 2.24) is 20.2 Å². The number of halogens is 2. The zero-order valence-electron chi connectivity index (χ0n) is 11.1. The fourth-order valence-electron chi connectivity index (χ4n) is 2.01. The first-order valence-electron chi connectivity index (χ1n) is 6.16. The predicted octanol–water partition coefficient (Wildman–Crippen LogP) is 3.01. The molecule has 0 amide bonds. The van der Waals surface area contributed by atoms with Gasteiger partial charge >= 0.3 is 0 Å². The van der Waals surface area contributed by atoms with Crippen LogP contribution in [-0.2, 0) is 0 Å². The maximum absolute atomic E-state index is 13.6. The third-order valence-corrected chi connectivity index (χ3v) is 3.37. The molecule has 2 N–H and O–H groups in total. The number of nitrogen functional groups attached to an aromatic ring is 1. The highest BCUT2D eigenvalue weighted by molar-refractivity contribution is 6.30. The van der Waals surface area contributed by atoms with E-state index in [0.29, 0.717) is 22.8 Å². The van der Waals surface area contributed by atoms with Gasteiger partial charge in [0.1, 0.15) is 5.82 Å². The molecular formula is C14H11ClFN5. The molecule has 3 rings (SSSR count). The average Bonchev–Trinajstić information content (AvgIpc) is 2.93. The minimum Gasteiger partial charge on any atom is -0.398 e. The number of nitrogens with zero attached hydrogens (tertiary/aromatic N) is 4. The van der Waals surface area contributed by atoms with Gasteiger partial charge in [0.05, 0.1) is 10.7 Å². The molecule has 3 aromatic rings. The minimum absolute atomic E-state index is 0.0449. The molecule has 0 saturated heterocycles. The summed E-state index contributed by atoms with van der Waals surface area (Å²) < 4.78 is 15.0. The first-order valence-corrected chi connectivity index (χ1v) is 6.54. The SMILES string of the molecule is Cc1ccc(N)c(-c2nnnn2-c2ccc(Cl)c(F)c2)c1. The first-order chi connectivity index (χ1) is 10.1. The van der Waals surface area contributed by atoms with Crippen LogP contribution in [-0.4, -0.2) is 20.2 Å². The van der Waals surface area contributed by atoms with Gasteiger partial charge in [-0.25, -0.2) is 4.39 Å². The van der Waals surface area contributed by atoms with Crippen LogP contribution >= 0.6 is 11.6 Å². The Morgan fingerprint density at radius 1 is 1.19 bits per heavy atom. The van der Waals surface area contributed by atoms with E-state index >= 15 is 0 Å². The molecule has 5 nitrogen and oxygen atoms in total. The molecule has 0 atom stereocenters. The van der Waals surface area contributed by atoms with Crippen molar-refractivity contribution in [2.75, 3.05) is 5.73 Å². The number of hydrogen-bond donors (Lipinski definition) is 1. The predicted molar refractivity (Wildman–Crippen MR) is 78.7 cm³/mol. The summed E-state index contributed by atoms with van der Waals surface area (Å²) in [5.41, 5.74) is 8.71. The molecule has 0 unspecified atom stereocenters. The maximum Gasteiger partial charge on any atom is 0.189 e. The smallest absolute Gasteiger partial charge is 0.189 e. The quantitative estimate of drug-likeness (QED) is 0.739. The van der Waals surface area contributed by atoms with Crippen LogP contribution in [0.5, 0.6) is 0 Å². The maximum atomic E-state index is 13.6. The van der Waals surface area contributed by atoms with Crippen LogP contribution in [0, 0.1) is 12.7 Å². The van der Waals surface area contributed by atoms with E-state index in [0.717, 1.165) is 5.56 Å². The Hall–Kier alpha value is -2.47. The number of aryl methyl sites for hydroxylation is 1. The Morgan fingerprint density at radius 3 is 2.76 bits per heavy atom. The van der Waals surface area contributed by atoms with Crippen molar-refractivity contribution in [3.8, 4) is 17.1 Å². The molecule has 0 fully saturated rings. The van der Waals surface area contributed by atoms with Gasteiger partial charge in [-0.05, 0) is 41.6 Å². The largest absolute Gasteiger partial charge is 0.398 e. The molecule has 1 aromatic heterocycles. The highest BCUT2D eigenvalue weighted by Gasteiger charge is 2.14. The van der Waals surface area contributed by atoms with Gasteiger partial charge in [0.25, 0.3) is 0 Å². The summed E-state index contributed by atoms with van der Waals surface area (Å²) in [6.45, 7) is 1.94. The lowest BCUT2D eigenvalue weighted by Gasteiger charge is -2.08. The molecule has 7 heteroatoms. The minimum atomic E-state index is -0.534. The highest BCUT2D eigenvalue weighted by atomic mass is 35.5. The fourth-order valence-corrected chi connectivity index (χ4v) is 2.13. The van der Waals surface area contributed by atoms with Crippen LogP contribution < -0.4 is 5.73 Å². The van der Waals surface area contributed by atoms with Crippen molar-refractivity contribution in [3.05, 3.63) is 52.8 Å². The second-order valence-corrected chi connectivity index (χ2v) is 5.01. The van der Waals surface area contributed by atoms with Crippen LogP contribution in [0.2, 0.25) is 5.02 Å². The monoisotopic (exact) mass is 303 g/mol. The number of tetrazole rings is 1. The zero-order valence-corrected chi connectivity index (χ0v) is 11.8. The molecule has 0 radical (unpaired) electrons. The van der Waals surface area contributed by atoms with Crippen molar-refractivity contribution in [2.45, 2.75) is 6.92 Å². The molecule has 2 aromatic carbocycles. The van der Waals surface area contributed by atoms with Crippen molar-refractivity contribution in [2.24, 2.45) is 0 Å². The summed E-state index contributed by atoms with van der Waals surface area (Å²) in [4.78, 5) is 0. The van der Waals surface area contributed by atoms with Gasteiger partial charge in [-0.2, -0.15) is 4.68 Å². The van der Waals surface area contributed by atoms with Crippen molar-refractivity contribution < 1.29 is 4.39 Å². The number of aromatic nitrogens is 4. The molecule has 0 saturated carbocycles. The summed E-state index contributed by atoms with van der Waals surface area (Å²) in [6.07, 6.45) is 0. The second kappa shape index (κ2) is 5.14. The molecular weight excluding hydrogens is 293 g/mol. The number of nitrogens with two attached hydrogens (primary N) is 1. The van der Waals surface area contributed by atoms with Crippen LogP contribution in [0.25, 0.3) is 17.1 Å². The molecule has 0 spiro atoms. The summed E-state index contributed by atoms with van der Waals surface area (Å²) in [5.74, 6) is -0.0919. The number of hydrogen-bond acceptors (Lipinski definition) is 4. The van der Waals surface area contributed by atoms with E-state index in [4.69, 9.17) is 17.3 Å². The second-order valence-electron chi connectivity index (χ2n) is 4.60. The van der Waals surface area contributed by atoms with E-state index < -0.39 is 5.82 Å². The van der Waals surface area contributed by atoms with Crippen molar-refractivity contribution in [1.29, 1.82) is 0 Å². The highest BCUT2D eigenvalue weighted by Crippen LogP contribution is 2.27. The lowest BCUT2D eigenvalue weighted by atomic mass is 10.1. The van der Waals surface area contributed by atoms with Gasteiger partial charge in [-0.15, -0.1) is 5.10 Å². The van der Waals surface area contributed by atoms with E-state index in [1.54, 1.807) is 12.1 Å². The topological polar surface area (TPSA) is 69.6 Å². The van der Waals surface area contributed by atoms with Crippen LogP contribution in [0.15, 0.2) is 36.4 Å². The number of anilines is 1. The van der Waals surface area contributed by atoms with Gasteiger partial charge in [-0.3, -0.25) is 0 Å². The zero-order chi connectivity index (χ0) is 15.0. The van der Waals surface area contributed by atoms with E-state index in [-0.39, 0.29) is 5.02 Å². The number of rotatable bonds is 2. The average molecular weight is 304 g/mol.